The average molecular weight is 366 g/mol. The van der Waals surface area contributed by atoms with Crippen LogP contribution in [0.15, 0.2) is 41.8 Å². The van der Waals surface area contributed by atoms with Gasteiger partial charge >= 0.3 is 6.03 Å². The van der Waals surface area contributed by atoms with E-state index in [-0.39, 0.29) is 23.5 Å². The predicted octanol–water partition coefficient (Wildman–Crippen LogP) is 1.71. The standard InChI is InChI=1S/C17H26N4O3S/c1-4-11-21(3)25(23,24)16-7-5-14(6-8-16)18-17(22)19-15-9-12-20(2)13-10-15/h4-8,15H,1,9-13H2,2-3H3,(H2,18,19,22). The van der Waals surface area contributed by atoms with Gasteiger partial charge in [-0.25, -0.2) is 13.2 Å². The van der Waals surface area contributed by atoms with Crippen molar-refractivity contribution in [3.63, 3.8) is 0 Å². The largest absolute Gasteiger partial charge is 0.335 e. The molecule has 0 saturated carbocycles. The van der Waals surface area contributed by atoms with E-state index in [1.807, 2.05) is 0 Å². The number of piperidine rings is 1. The maximum atomic E-state index is 12.3. The number of anilines is 1. The van der Waals surface area contributed by atoms with Crippen molar-refractivity contribution in [3.05, 3.63) is 36.9 Å². The Morgan fingerprint density at radius 2 is 1.92 bits per heavy atom. The molecule has 1 heterocycles. The molecule has 1 aliphatic rings. The average Bonchev–Trinajstić information content (AvgIpc) is 2.57. The van der Waals surface area contributed by atoms with Crippen LogP contribution in [-0.4, -0.2) is 63.4 Å². The second-order valence-electron chi connectivity index (χ2n) is 6.27. The molecule has 1 aromatic carbocycles. The number of likely N-dealkylation sites (tertiary alicyclic amines) is 1. The lowest BCUT2D eigenvalue weighted by molar-refractivity contribution is 0.221. The summed E-state index contributed by atoms with van der Waals surface area (Å²) in [6.45, 7) is 5.72. The van der Waals surface area contributed by atoms with Crippen molar-refractivity contribution in [3.8, 4) is 0 Å². The number of carbonyl (C=O) groups is 1. The molecular formula is C17H26N4O3S. The van der Waals surface area contributed by atoms with Crippen molar-refractivity contribution in [2.75, 3.05) is 39.0 Å². The first-order valence-corrected chi connectivity index (χ1v) is 9.70. The Labute approximate surface area is 149 Å². The first kappa shape index (κ1) is 19.4. The van der Waals surface area contributed by atoms with Crippen molar-refractivity contribution in [2.24, 2.45) is 0 Å². The van der Waals surface area contributed by atoms with E-state index in [1.54, 1.807) is 12.1 Å². The summed E-state index contributed by atoms with van der Waals surface area (Å²) < 4.78 is 25.9. The zero-order valence-electron chi connectivity index (χ0n) is 14.7. The van der Waals surface area contributed by atoms with Crippen LogP contribution in [0.3, 0.4) is 0 Å². The summed E-state index contributed by atoms with van der Waals surface area (Å²) in [5, 5.41) is 5.70. The van der Waals surface area contributed by atoms with Gasteiger partial charge in [0.05, 0.1) is 4.90 Å². The van der Waals surface area contributed by atoms with Crippen LogP contribution < -0.4 is 10.6 Å². The van der Waals surface area contributed by atoms with Crippen LogP contribution in [0.5, 0.6) is 0 Å². The number of nitrogens with zero attached hydrogens (tertiary/aromatic N) is 2. The van der Waals surface area contributed by atoms with E-state index in [2.05, 4.69) is 29.2 Å². The SMILES string of the molecule is C=CCN(C)S(=O)(=O)c1ccc(NC(=O)NC2CCN(C)CC2)cc1. The number of sulfonamides is 1. The van der Waals surface area contributed by atoms with E-state index < -0.39 is 10.0 Å². The number of hydrogen-bond acceptors (Lipinski definition) is 4. The summed E-state index contributed by atoms with van der Waals surface area (Å²) >= 11 is 0. The van der Waals surface area contributed by atoms with Gasteiger partial charge in [-0.3, -0.25) is 0 Å². The van der Waals surface area contributed by atoms with Crippen molar-refractivity contribution in [2.45, 2.75) is 23.8 Å². The van der Waals surface area contributed by atoms with Gasteiger partial charge < -0.3 is 15.5 Å². The van der Waals surface area contributed by atoms with E-state index in [9.17, 15) is 13.2 Å². The van der Waals surface area contributed by atoms with Crippen LogP contribution in [-0.2, 0) is 10.0 Å². The molecule has 7 nitrogen and oxygen atoms in total. The van der Waals surface area contributed by atoms with Gasteiger partial charge in [0.1, 0.15) is 0 Å². The Morgan fingerprint density at radius 1 is 1.32 bits per heavy atom. The topological polar surface area (TPSA) is 81.8 Å². The second-order valence-corrected chi connectivity index (χ2v) is 8.32. The number of benzene rings is 1. The normalized spacial score (nSPS) is 16.6. The number of amides is 2. The maximum Gasteiger partial charge on any atom is 0.319 e. The molecule has 0 bridgehead atoms. The smallest absolute Gasteiger partial charge is 0.319 e. The van der Waals surface area contributed by atoms with E-state index in [1.165, 1.54) is 29.6 Å². The van der Waals surface area contributed by atoms with Crippen LogP contribution in [0, 0.1) is 0 Å². The number of rotatable bonds is 6. The van der Waals surface area contributed by atoms with Crippen LogP contribution in [0.1, 0.15) is 12.8 Å². The van der Waals surface area contributed by atoms with Crippen molar-refractivity contribution < 1.29 is 13.2 Å². The number of hydrogen-bond donors (Lipinski definition) is 2. The zero-order valence-corrected chi connectivity index (χ0v) is 15.6. The molecule has 0 aliphatic carbocycles. The molecule has 0 unspecified atom stereocenters. The molecule has 0 radical (unpaired) electrons. The fraction of sp³-hybridized carbons (Fsp3) is 0.471. The summed E-state index contributed by atoms with van der Waals surface area (Å²) in [5.41, 5.74) is 0.552. The number of carbonyl (C=O) groups excluding carboxylic acids is 1. The molecule has 25 heavy (non-hydrogen) atoms. The molecule has 2 rings (SSSR count). The van der Waals surface area contributed by atoms with Crippen LogP contribution in [0.4, 0.5) is 10.5 Å². The highest BCUT2D eigenvalue weighted by molar-refractivity contribution is 7.89. The molecule has 1 aliphatic heterocycles. The minimum Gasteiger partial charge on any atom is -0.335 e. The fourth-order valence-electron chi connectivity index (χ4n) is 2.68. The maximum absolute atomic E-state index is 12.3. The molecule has 0 spiro atoms. The fourth-order valence-corrected chi connectivity index (χ4v) is 3.82. The van der Waals surface area contributed by atoms with Crippen molar-refractivity contribution in [1.29, 1.82) is 0 Å². The lowest BCUT2D eigenvalue weighted by Crippen LogP contribution is -2.44. The van der Waals surface area contributed by atoms with E-state index in [4.69, 9.17) is 0 Å². The zero-order chi connectivity index (χ0) is 18.4. The Hall–Kier alpha value is -1.90. The molecule has 2 N–H and O–H groups in total. The van der Waals surface area contributed by atoms with Crippen LogP contribution in [0.2, 0.25) is 0 Å². The van der Waals surface area contributed by atoms with Crippen molar-refractivity contribution >= 4 is 21.7 Å². The van der Waals surface area contributed by atoms with Gasteiger partial charge in [-0.15, -0.1) is 6.58 Å². The molecule has 8 heteroatoms. The second kappa shape index (κ2) is 8.46. The number of urea groups is 1. The van der Waals surface area contributed by atoms with Gasteiger partial charge in [-0.1, -0.05) is 6.08 Å². The lowest BCUT2D eigenvalue weighted by atomic mass is 10.1. The number of nitrogens with one attached hydrogen (secondary N) is 2. The first-order chi connectivity index (χ1) is 11.8. The molecule has 1 saturated heterocycles. The highest BCUT2D eigenvalue weighted by Gasteiger charge is 2.20. The number of likely N-dealkylation sites (N-methyl/N-ethyl adjacent to an activating group) is 1. The Bertz CT molecular complexity index is 695. The minimum atomic E-state index is -3.55. The molecular weight excluding hydrogens is 340 g/mol. The Morgan fingerprint density at radius 3 is 2.48 bits per heavy atom. The molecule has 0 aromatic heterocycles. The van der Waals surface area contributed by atoms with E-state index in [0.29, 0.717) is 5.69 Å². The molecule has 2 amide bonds. The minimum absolute atomic E-state index is 0.170. The summed E-state index contributed by atoms with van der Waals surface area (Å²) in [7, 11) is 0.0209. The molecule has 1 aromatic rings. The van der Waals surface area contributed by atoms with Gasteiger partial charge in [-0.05, 0) is 57.2 Å². The summed E-state index contributed by atoms with van der Waals surface area (Å²) in [6, 6.07) is 6.05. The summed E-state index contributed by atoms with van der Waals surface area (Å²) in [6.07, 6.45) is 3.38. The van der Waals surface area contributed by atoms with Crippen LogP contribution in [0.25, 0.3) is 0 Å². The first-order valence-electron chi connectivity index (χ1n) is 8.26. The van der Waals surface area contributed by atoms with E-state index in [0.717, 1.165) is 25.9 Å². The lowest BCUT2D eigenvalue weighted by Gasteiger charge is -2.29. The third kappa shape index (κ3) is 5.29. The van der Waals surface area contributed by atoms with Crippen LogP contribution >= 0.6 is 0 Å². The summed E-state index contributed by atoms with van der Waals surface area (Å²) in [5.74, 6) is 0. The van der Waals surface area contributed by atoms with Crippen molar-refractivity contribution in [1.82, 2.24) is 14.5 Å². The van der Waals surface area contributed by atoms with Gasteiger partial charge in [0.25, 0.3) is 0 Å². The van der Waals surface area contributed by atoms with Gasteiger partial charge in [0.2, 0.25) is 10.0 Å². The van der Waals surface area contributed by atoms with Gasteiger partial charge in [0.15, 0.2) is 0 Å². The third-order valence-electron chi connectivity index (χ3n) is 4.26. The van der Waals surface area contributed by atoms with E-state index >= 15 is 0 Å². The molecule has 1 fully saturated rings. The third-order valence-corrected chi connectivity index (χ3v) is 6.10. The predicted molar refractivity (Wildman–Crippen MR) is 99.1 cm³/mol. The monoisotopic (exact) mass is 366 g/mol. The van der Waals surface area contributed by atoms with Gasteiger partial charge in [-0.2, -0.15) is 4.31 Å². The molecule has 138 valence electrons. The quantitative estimate of drug-likeness (QED) is 0.751. The highest BCUT2D eigenvalue weighted by atomic mass is 32.2. The molecule has 0 atom stereocenters. The Kier molecular flexibility index (Phi) is 6.57. The highest BCUT2D eigenvalue weighted by Crippen LogP contribution is 2.17. The Balaban J connectivity index is 1.93. The van der Waals surface area contributed by atoms with Gasteiger partial charge in [0, 0.05) is 25.3 Å². The summed E-state index contributed by atoms with van der Waals surface area (Å²) in [4.78, 5) is 14.5.